The lowest BCUT2D eigenvalue weighted by Crippen LogP contribution is -2.40. The highest BCUT2D eigenvalue weighted by atomic mass is 35.5. The van der Waals surface area contributed by atoms with Crippen molar-refractivity contribution < 1.29 is 0 Å². The van der Waals surface area contributed by atoms with Crippen molar-refractivity contribution in [2.24, 2.45) is 5.92 Å². The number of nitrogens with zero attached hydrogens (tertiary/aromatic N) is 2. The molecule has 0 radical (unpaired) electrons. The van der Waals surface area contributed by atoms with Gasteiger partial charge in [-0.15, -0.1) is 0 Å². The third kappa shape index (κ3) is 2.05. The van der Waals surface area contributed by atoms with E-state index in [0.717, 1.165) is 29.5 Å². The first kappa shape index (κ1) is 12.4. The number of piperidine rings is 1. The van der Waals surface area contributed by atoms with Crippen LogP contribution in [0.5, 0.6) is 0 Å². The van der Waals surface area contributed by atoms with Crippen molar-refractivity contribution >= 4 is 28.2 Å². The number of benzene rings is 1. The Bertz CT molecular complexity index is 629. The summed E-state index contributed by atoms with van der Waals surface area (Å²) in [5.74, 6) is 0.791. The predicted molar refractivity (Wildman–Crippen MR) is 83.5 cm³/mol. The van der Waals surface area contributed by atoms with Crippen molar-refractivity contribution in [3.63, 3.8) is 0 Å². The van der Waals surface area contributed by atoms with Crippen LogP contribution in [-0.2, 0) is 0 Å². The van der Waals surface area contributed by atoms with Crippen molar-refractivity contribution in [1.29, 1.82) is 0 Å². The Morgan fingerprint density at radius 2 is 2.20 bits per heavy atom. The summed E-state index contributed by atoms with van der Waals surface area (Å²) in [5.41, 5.74) is 2.28. The van der Waals surface area contributed by atoms with Gasteiger partial charge in [-0.1, -0.05) is 11.6 Å². The summed E-state index contributed by atoms with van der Waals surface area (Å²) in [5, 5.41) is 5.61. The van der Waals surface area contributed by atoms with Crippen LogP contribution in [0, 0.1) is 5.92 Å². The molecule has 1 aromatic carbocycles. The van der Waals surface area contributed by atoms with Crippen LogP contribution in [-0.4, -0.2) is 30.7 Å². The third-order valence-corrected chi connectivity index (χ3v) is 4.86. The molecule has 2 aliphatic rings. The fraction of sp³-hybridized carbons (Fsp3) is 0.438. The van der Waals surface area contributed by atoms with Crippen LogP contribution < -0.4 is 10.2 Å². The topological polar surface area (TPSA) is 28.2 Å². The van der Waals surface area contributed by atoms with E-state index in [9.17, 15) is 0 Å². The van der Waals surface area contributed by atoms with Crippen LogP contribution in [0.15, 0.2) is 30.5 Å². The van der Waals surface area contributed by atoms with Crippen LogP contribution in [0.4, 0.5) is 5.69 Å². The Morgan fingerprint density at radius 1 is 1.25 bits per heavy atom. The fourth-order valence-electron chi connectivity index (χ4n) is 3.63. The summed E-state index contributed by atoms with van der Waals surface area (Å²) in [6.07, 6.45) is 4.55. The maximum Gasteiger partial charge on any atom is 0.0737 e. The molecule has 2 unspecified atom stereocenters. The molecule has 2 aromatic rings. The maximum absolute atomic E-state index is 6.07. The molecule has 0 saturated carbocycles. The monoisotopic (exact) mass is 287 g/mol. The number of fused-ring (bicyclic) bond motifs is 2. The number of nitrogens with one attached hydrogen (secondary N) is 1. The average Bonchev–Trinajstić information content (AvgIpc) is 2.90. The van der Waals surface area contributed by atoms with E-state index in [-0.39, 0.29) is 0 Å². The summed E-state index contributed by atoms with van der Waals surface area (Å²) in [6.45, 7) is 3.42. The number of rotatable bonds is 1. The third-order valence-electron chi connectivity index (χ3n) is 4.62. The van der Waals surface area contributed by atoms with Gasteiger partial charge in [0.25, 0.3) is 0 Å². The Labute approximate surface area is 123 Å². The summed E-state index contributed by atoms with van der Waals surface area (Å²) in [7, 11) is 0. The largest absolute Gasteiger partial charge is 0.369 e. The number of aromatic nitrogens is 1. The molecular weight excluding hydrogens is 270 g/mol. The van der Waals surface area contributed by atoms with Crippen molar-refractivity contribution in [3.05, 3.63) is 35.5 Å². The molecule has 4 rings (SSSR count). The van der Waals surface area contributed by atoms with Crippen molar-refractivity contribution in [2.45, 2.75) is 18.9 Å². The molecule has 20 heavy (non-hydrogen) atoms. The van der Waals surface area contributed by atoms with Gasteiger partial charge in [-0.05, 0) is 49.6 Å². The lowest BCUT2D eigenvalue weighted by molar-refractivity contribution is 0.340. The Hall–Kier alpha value is -1.32. The van der Waals surface area contributed by atoms with E-state index in [0.29, 0.717) is 6.04 Å². The van der Waals surface area contributed by atoms with E-state index in [2.05, 4.69) is 27.3 Å². The number of halogens is 1. The first-order chi connectivity index (χ1) is 9.81. The SMILES string of the molecule is Clc1ccc2c(N3CC4CCCNC4C3)ccnc2c1. The highest BCUT2D eigenvalue weighted by Gasteiger charge is 2.34. The van der Waals surface area contributed by atoms with Gasteiger partial charge in [-0.25, -0.2) is 0 Å². The van der Waals surface area contributed by atoms with Crippen LogP contribution in [0.25, 0.3) is 10.9 Å². The second-order valence-electron chi connectivity index (χ2n) is 5.86. The van der Waals surface area contributed by atoms with Gasteiger partial charge < -0.3 is 10.2 Å². The first-order valence-electron chi connectivity index (χ1n) is 7.34. The van der Waals surface area contributed by atoms with E-state index in [1.54, 1.807) is 0 Å². The van der Waals surface area contributed by atoms with E-state index >= 15 is 0 Å². The average molecular weight is 288 g/mol. The summed E-state index contributed by atoms with van der Waals surface area (Å²) in [4.78, 5) is 6.94. The lowest BCUT2D eigenvalue weighted by atomic mass is 9.94. The van der Waals surface area contributed by atoms with Gasteiger partial charge in [0.1, 0.15) is 0 Å². The van der Waals surface area contributed by atoms with Crippen molar-refractivity contribution in [3.8, 4) is 0 Å². The molecule has 0 aliphatic carbocycles. The van der Waals surface area contributed by atoms with E-state index < -0.39 is 0 Å². The predicted octanol–water partition coefficient (Wildman–Crippen LogP) is 3.08. The zero-order valence-electron chi connectivity index (χ0n) is 11.3. The molecular formula is C16H18ClN3. The Morgan fingerprint density at radius 3 is 3.10 bits per heavy atom. The maximum atomic E-state index is 6.07. The van der Waals surface area contributed by atoms with Gasteiger partial charge in [0.15, 0.2) is 0 Å². The Balaban J connectivity index is 1.72. The van der Waals surface area contributed by atoms with Gasteiger partial charge in [-0.3, -0.25) is 4.98 Å². The van der Waals surface area contributed by atoms with Gasteiger partial charge in [0.05, 0.1) is 5.52 Å². The van der Waals surface area contributed by atoms with Gasteiger partial charge in [0, 0.05) is 41.4 Å². The molecule has 3 heterocycles. The highest BCUT2D eigenvalue weighted by Crippen LogP contribution is 2.33. The van der Waals surface area contributed by atoms with E-state index in [1.807, 2.05) is 18.3 Å². The number of pyridine rings is 1. The molecule has 1 N–H and O–H groups in total. The second-order valence-corrected chi connectivity index (χ2v) is 6.30. The van der Waals surface area contributed by atoms with E-state index in [1.165, 1.54) is 30.5 Å². The Kier molecular flexibility index (Phi) is 3.04. The van der Waals surface area contributed by atoms with Gasteiger partial charge in [-0.2, -0.15) is 0 Å². The molecule has 0 bridgehead atoms. The second kappa shape index (κ2) is 4.90. The molecule has 0 spiro atoms. The summed E-state index contributed by atoms with van der Waals surface area (Å²) < 4.78 is 0. The van der Waals surface area contributed by atoms with Crippen LogP contribution in [0.2, 0.25) is 5.02 Å². The fourth-order valence-corrected chi connectivity index (χ4v) is 3.79. The van der Waals surface area contributed by atoms with Gasteiger partial charge >= 0.3 is 0 Å². The van der Waals surface area contributed by atoms with Crippen molar-refractivity contribution in [2.75, 3.05) is 24.5 Å². The van der Waals surface area contributed by atoms with Crippen molar-refractivity contribution in [1.82, 2.24) is 10.3 Å². The summed E-state index contributed by atoms with van der Waals surface area (Å²) in [6, 6.07) is 8.78. The molecule has 0 amide bonds. The van der Waals surface area contributed by atoms with Crippen LogP contribution in [0.3, 0.4) is 0 Å². The number of hydrogen-bond acceptors (Lipinski definition) is 3. The molecule has 2 aliphatic heterocycles. The summed E-state index contributed by atoms with van der Waals surface area (Å²) >= 11 is 6.07. The molecule has 2 fully saturated rings. The quantitative estimate of drug-likeness (QED) is 0.874. The number of hydrogen-bond donors (Lipinski definition) is 1. The number of anilines is 1. The molecule has 104 valence electrons. The standard InChI is InChI=1S/C16H18ClN3/c17-12-3-4-13-14(8-12)19-7-5-16(13)20-9-11-2-1-6-18-15(11)10-20/h3-5,7-8,11,15,18H,1-2,6,9-10H2. The minimum atomic E-state index is 0.652. The van der Waals surface area contributed by atoms with Gasteiger partial charge in [0.2, 0.25) is 0 Å². The normalized spacial score (nSPS) is 25.9. The molecule has 4 heteroatoms. The smallest absolute Gasteiger partial charge is 0.0737 e. The van der Waals surface area contributed by atoms with Crippen LogP contribution in [0.1, 0.15) is 12.8 Å². The first-order valence-corrected chi connectivity index (χ1v) is 7.72. The molecule has 3 nitrogen and oxygen atoms in total. The van der Waals surface area contributed by atoms with Crippen LogP contribution >= 0.6 is 11.6 Å². The minimum Gasteiger partial charge on any atom is -0.369 e. The highest BCUT2D eigenvalue weighted by molar-refractivity contribution is 6.31. The zero-order chi connectivity index (χ0) is 13.5. The molecule has 2 saturated heterocycles. The lowest BCUT2D eigenvalue weighted by Gasteiger charge is -2.24. The zero-order valence-corrected chi connectivity index (χ0v) is 12.1. The molecule has 1 aromatic heterocycles. The minimum absolute atomic E-state index is 0.652. The molecule has 2 atom stereocenters. The van der Waals surface area contributed by atoms with E-state index in [4.69, 9.17) is 11.6 Å².